The van der Waals surface area contributed by atoms with E-state index in [1.54, 1.807) is 19.2 Å². The Morgan fingerprint density at radius 3 is 2.65 bits per heavy atom. The van der Waals surface area contributed by atoms with Crippen LogP contribution in [0.1, 0.15) is 24.3 Å². The van der Waals surface area contributed by atoms with Gasteiger partial charge in [0.1, 0.15) is 5.82 Å². The number of likely N-dealkylation sites (N-methyl/N-ethyl adjacent to an activating group) is 1. The largest absolute Gasteiger partial charge is 0.434 e. The zero-order valence-corrected chi connectivity index (χ0v) is 15.6. The molecule has 26 heavy (non-hydrogen) atoms. The Morgan fingerprint density at radius 1 is 1.38 bits per heavy atom. The minimum absolute atomic E-state index is 0.00970. The third-order valence-corrected chi connectivity index (χ3v) is 7.40. The van der Waals surface area contributed by atoms with E-state index in [0.29, 0.717) is 35.6 Å². The van der Waals surface area contributed by atoms with Crippen molar-refractivity contribution in [2.24, 2.45) is 4.36 Å². The van der Waals surface area contributed by atoms with Crippen LogP contribution in [0.5, 0.6) is 0 Å². The molecule has 0 aromatic heterocycles. The predicted molar refractivity (Wildman–Crippen MR) is 96.3 cm³/mol. The van der Waals surface area contributed by atoms with Crippen molar-refractivity contribution in [3.8, 4) is 0 Å². The lowest BCUT2D eigenvalue weighted by molar-refractivity contribution is -0.127. The van der Waals surface area contributed by atoms with E-state index in [1.807, 2.05) is 0 Å². The predicted octanol–water partition coefficient (Wildman–Crippen LogP) is 1.87. The molecule has 2 fully saturated rings. The Bertz CT molecular complexity index is 836. The molecule has 2 amide bonds. The summed E-state index contributed by atoms with van der Waals surface area (Å²) in [6.45, 7) is 0.0424. The average molecular weight is 383 g/mol. The molecule has 3 rings (SSSR count). The van der Waals surface area contributed by atoms with Gasteiger partial charge in [0, 0.05) is 35.3 Å². The van der Waals surface area contributed by atoms with Crippen LogP contribution in [0.15, 0.2) is 22.6 Å². The molecule has 7 nitrogen and oxygen atoms in total. The van der Waals surface area contributed by atoms with Crippen LogP contribution >= 0.6 is 0 Å². The Hall–Kier alpha value is -2.16. The number of hydrogen-bond donors (Lipinski definition) is 1. The lowest BCUT2D eigenvalue weighted by Crippen LogP contribution is -2.35. The minimum atomic E-state index is -2.13. The van der Waals surface area contributed by atoms with E-state index in [2.05, 4.69) is 9.68 Å². The summed E-state index contributed by atoms with van der Waals surface area (Å²) in [5, 5.41) is 2.43. The van der Waals surface area contributed by atoms with Crippen molar-refractivity contribution in [1.82, 2.24) is 5.32 Å². The monoisotopic (exact) mass is 383 g/mol. The van der Waals surface area contributed by atoms with E-state index in [9.17, 15) is 18.2 Å². The van der Waals surface area contributed by atoms with Gasteiger partial charge >= 0.3 is 6.09 Å². The Morgan fingerprint density at radius 2 is 2.08 bits per heavy atom. The lowest BCUT2D eigenvalue weighted by atomic mass is 9.93. The van der Waals surface area contributed by atoms with E-state index in [0.717, 1.165) is 0 Å². The number of hydrogen-bond acceptors (Lipinski definition) is 5. The Balaban J connectivity index is 1.75. The highest BCUT2D eigenvalue weighted by Crippen LogP contribution is 2.33. The highest BCUT2D eigenvalue weighted by molar-refractivity contribution is 7.93. The molecule has 1 N–H and O–H groups in total. The van der Waals surface area contributed by atoms with Gasteiger partial charge in [-0.1, -0.05) is 6.07 Å². The number of nitrogens with one attached hydrogen (secondary N) is 1. The molecule has 2 aliphatic heterocycles. The van der Waals surface area contributed by atoms with Gasteiger partial charge in [0.2, 0.25) is 0 Å². The second-order valence-corrected chi connectivity index (χ2v) is 9.17. The molecule has 142 valence electrons. The number of carbonyl (C=O) groups excluding carboxylic acids is 2. The Kier molecular flexibility index (Phi) is 5.17. The quantitative estimate of drug-likeness (QED) is 0.863. The van der Waals surface area contributed by atoms with Crippen molar-refractivity contribution in [3.63, 3.8) is 0 Å². The topological polar surface area (TPSA) is 88.1 Å². The molecule has 0 saturated carbocycles. The summed E-state index contributed by atoms with van der Waals surface area (Å²) in [7, 11) is 0.897. The van der Waals surface area contributed by atoms with Crippen LogP contribution < -0.4 is 10.2 Å². The fourth-order valence-electron chi connectivity index (χ4n) is 3.38. The highest BCUT2D eigenvalue weighted by Gasteiger charge is 2.37. The van der Waals surface area contributed by atoms with Crippen LogP contribution in [-0.4, -0.2) is 54.5 Å². The fraction of sp³-hybridized carbons (Fsp3) is 0.529. The van der Waals surface area contributed by atoms with E-state index in [1.165, 1.54) is 18.0 Å². The van der Waals surface area contributed by atoms with Gasteiger partial charge in [-0.2, -0.15) is 0 Å². The maximum Gasteiger partial charge on any atom is 0.415 e. The molecule has 1 aromatic carbocycles. The lowest BCUT2D eigenvalue weighted by Gasteiger charge is -2.25. The third kappa shape index (κ3) is 3.53. The van der Waals surface area contributed by atoms with Crippen LogP contribution in [0.25, 0.3) is 0 Å². The van der Waals surface area contributed by atoms with Crippen molar-refractivity contribution >= 4 is 27.4 Å². The first-order chi connectivity index (χ1) is 12.4. The summed E-state index contributed by atoms with van der Waals surface area (Å²) >= 11 is 0. The summed E-state index contributed by atoms with van der Waals surface area (Å²) in [6, 6.07) is 4.60. The summed E-state index contributed by atoms with van der Waals surface area (Å²) in [5.41, 5.74) is 0.910. The number of carbonyl (C=O) groups is 2. The zero-order valence-electron chi connectivity index (χ0n) is 14.7. The minimum Gasteiger partial charge on any atom is -0.434 e. The molecule has 0 spiro atoms. The van der Waals surface area contributed by atoms with Gasteiger partial charge in [0.15, 0.2) is 6.10 Å². The van der Waals surface area contributed by atoms with Crippen molar-refractivity contribution < 1.29 is 22.9 Å². The number of benzene rings is 1. The molecule has 0 bridgehead atoms. The third-order valence-electron chi connectivity index (χ3n) is 4.99. The van der Waals surface area contributed by atoms with Crippen LogP contribution in [0.3, 0.4) is 0 Å². The summed E-state index contributed by atoms with van der Waals surface area (Å²) in [5.74, 6) is 0.128. The number of nitrogens with zero attached hydrogens (tertiary/aromatic N) is 2. The van der Waals surface area contributed by atoms with Crippen molar-refractivity contribution in [1.29, 1.82) is 0 Å². The van der Waals surface area contributed by atoms with E-state index in [4.69, 9.17) is 4.74 Å². The molecule has 9 heteroatoms. The number of rotatable bonds is 3. The standard InChI is InChI=1S/C17H22FN3O4S/c1-19-16(22)15-10-21(17(23)25-15)12-3-4-13(14(18)9-12)11-5-7-26(24,20-2)8-6-11/h3-4,9,11,15H,5-8,10H2,1-2H3,(H,19,22)/t11-,15-,26-/m1/s1. The van der Waals surface area contributed by atoms with Gasteiger partial charge in [-0.25, -0.2) is 17.8 Å². The number of halogens is 1. The smallest absolute Gasteiger partial charge is 0.415 e. The number of anilines is 1. The SMILES string of the molecule is CN=[S@]1(=O)CC[C@H](c2ccc(N3C[C@H](C(=O)NC)OC3=O)cc2F)CC1. The van der Waals surface area contributed by atoms with Crippen LogP contribution in [0, 0.1) is 5.82 Å². The molecule has 2 aliphatic rings. The normalized spacial score (nSPS) is 28.6. The molecule has 0 aliphatic carbocycles. The van der Waals surface area contributed by atoms with E-state index >= 15 is 0 Å². The van der Waals surface area contributed by atoms with Gasteiger partial charge in [0.05, 0.1) is 12.2 Å². The molecule has 2 heterocycles. The molecule has 0 radical (unpaired) electrons. The molecule has 2 saturated heterocycles. The number of ether oxygens (including phenoxy) is 1. The maximum atomic E-state index is 14.7. The van der Waals surface area contributed by atoms with Crippen molar-refractivity contribution in [3.05, 3.63) is 29.6 Å². The first-order valence-corrected chi connectivity index (χ1v) is 10.3. The van der Waals surface area contributed by atoms with Gasteiger partial charge in [-0.05, 0) is 36.5 Å². The van der Waals surface area contributed by atoms with Crippen LogP contribution in [0.2, 0.25) is 0 Å². The fourth-order valence-corrected chi connectivity index (χ4v) is 5.25. The first-order valence-electron chi connectivity index (χ1n) is 8.46. The van der Waals surface area contributed by atoms with Crippen LogP contribution in [-0.2, 0) is 19.3 Å². The highest BCUT2D eigenvalue weighted by atomic mass is 32.2. The molecular formula is C17H22FN3O4S. The van der Waals surface area contributed by atoms with Crippen LogP contribution in [0.4, 0.5) is 14.9 Å². The average Bonchev–Trinajstić information content (AvgIpc) is 3.04. The van der Waals surface area contributed by atoms with E-state index in [-0.39, 0.29) is 12.5 Å². The van der Waals surface area contributed by atoms with Gasteiger partial charge < -0.3 is 10.1 Å². The summed E-state index contributed by atoms with van der Waals surface area (Å²) in [6.07, 6.45) is -0.333. The summed E-state index contributed by atoms with van der Waals surface area (Å²) < 4.78 is 35.9. The van der Waals surface area contributed by atoms with Gasteiger partial charge in [-0.3, -0.25) is 9.69 Å². The number of cyclic esters (lactones) is 1. The maximum absolute atomic E-state index is 14.7. The Labute approximate surface area is 152 Å². The molecule has 1 aromatic rings. The molecule has 1 atom stereocenters. The number of amides is 2. The van der Waals surface area contributed by atoms with Crippen molar-refractivity contribution in [2.75, 3.05) is 37.0 Å². The second-order valence-electron chi connectivity index (χ2n) is 6.44. The van der Waals surface area contributed by atoms with Crippen molar-refractivity contribution in [2.45, 2.75) is 24.9 Å². The molecule has 0 unspecified atom stereocenters. The van der Waals surface area contributed by atoms with Gasteiger partial charge in [-0.15, -0.1) is 0 Å². The second kappa shape index (κ2) is 7.22. The van der Waals surface area contributed by atoms with Gasteiger partial charge in [0.25, 0.3) is 5.91 Å². The summed E-state index contributed by atoms with van der Waals surface area (Å²) in [4.78, 5) is 24.8. The zero-order chi connectivity index (χ0) is 18.9. The van der Waals surface area contributed by atoms with E-state index < -0.39 is 33.7 Å². The first kappa shape index (κ1) is 18.6. The molecular weight excluding hydrogens is 361 g/mol.